The Balaban J connectivity index is 2.04. The van der Waals surface area contributed by atoms with Crippen LogP contribution in [-0.2, 0) is 0 Å². The maximum atomic E-state index is 11.9. The predicted octanol–water partition coefficient (Wildman–Crippen LogP) is 1.47. The van der Waals surface area contributed by atoms with Crippen LogP contribution in [0.1, 0.15) is 54.8 Å². The van der Waals surface area contributed by atoms with E-state index in [2.05, 4.69) is 25.7 Å². The molecule has 0 aromatic carbocycles. The van der Waals surface area contributed by atoms with Crippen molar-refractivity contribution in [3.8, 4) is 0 Å². The molecule has 0 spiro atoms. The Morgan fingerprint density at radius 1 is 1.32 bits per heavy atom. The molecule has 0 aliphatic rings. The van der Waals surface area contributed by atoms with Crippen LogP contribution in [0.2, 0.25) is 0 Å². The first-order valence-electron chi connectivity index (χ1n) is 5.99. The summed E-state index contributed by atoms with van der Waals surface area (Å²) in [4.78, 5) is 16.1. The molecule has 2 aromatic rings. The molecule has 0 fully saturated rings. The SMILES string of the molecule is CC(C)c1noc(C(C)NC(=O)c2ccnnc2)n1. The molecule has 0 bridgehead atoms. The zero-order chi connectivity index (χ0) is 13.8. The fourth-order valence-electron chi connectivity index (χ4n) is 1.42. The van der Waals surface area contributed by atoms with Crippen molar-refractivity contribution in [3.63, 3.8) is 0 Å². The molecule has 1 N–H and O–H groups in total. The molecule has 2 aromatic heterocycles. The van der Waals surface area contributed by atoms with Crippen molar-refractivity contribution in [1.82, 2.24) is 25.7 Å². The van der Waals surface area contributed by atoms with Gasteiger partial charge >= 0.3 is 0 Å². The highest BCUT2D eigenvalue weighted by atomic mass is 16.5. The van der Waals surface area contributed by atoms with Crippen molar-refractivity contribution >= 4 is 5.91 Å². The molecule has 2 heterocycles. The van der Waals surface area contributed by atoms with Crippen LogP contribution in [-0.4, -0.2) is 26.2 Å². The molecule has 0 saturated heterocycles. The first kappa shape index (κ1) is 13.1. The molecule has 0 saturated carbocycles. The summed E-state index contributed by atoms with van der Waals surface area (Å²) in [5, 5.41) is 13.9. The molecule has 1 atom stereocenters. The lowest BCUT2D eigenvalue weighted by Gasteiger charge is -2.08. The van der Waals surface area contributed by atoms with E-state index in [0.717, 1.165) is 0 Å². The van der Waals surface area contributed by atoms with Gasteiger partial charge in [0.15, 0.2) is 5.82 Å². The maximum absolute atomic E-state index is 11.9. The zero-order valence-electron chi connectivity index (χ0n) is 11.0. The van der Waals surface area contributed by atoms with Crippen LogP contribution in [0.5, 0.6) is 0 Å². The van der Waals surface area contributed by atoms with Crippen LogP contribution < -0.4 is 5.32 Å². The van der Waals surface area contributed by atoms with Crippen molar-refractivity contribution in [1.29, 1.82) is 0 Å². The lowest BCUT2D eigenvalue weighted by atomic mass is 10.2. The summed E-state index contributed by atoms with van der Waals surface area (Å²) in [6.45, 7) is 5.73. The summed E-state index contributed by atoms with van der Waals surface area (Å²) in [6.07, 6.45) is 2.86. The number of carbonyl (C=O) groups is 1. The number of hydrogen-bond donors (Lipinski definition) is 1. The second kappa shape index (κ2) is 5.55. The minimum Gasteiger partial charge on any atom is -0.340 e. The molecule has 2 rings (SSSR count). The van der Waals surface area contributed by atoms with Gasteiger partial charge in [-0.15, -0.1) is 0 Å². The van der Waals surface area contributed by atoms with E-state index in [0.29, 0.717) is 17.3 Å². The highest BCUT2D eigenvalue weighted by molar-refractivity contribution is 5.93. The molecule has 1 amide bonds. The third kappa shape index (κ3) is 3.12. The van der Waals surface area contributed by atoms with Gasteiger partial charge in [-0.3, -0.25) is 4.79 Å². The van der Waals surface area contributed by atoms with Gasteiger partial charge in [-0.25, -0.2) is 0 Å². The molecule has 0 aliphatic carbocycles. The number of nitrogens with one attached hydrogen (secondary N) is 1. The summed E-state index contributed by atoms with van der Waals surface area (Å²) in [5.41, 5.74) is 0.436. The monoisotopic (exact) mass is 261 g/mol. The normalized spacial score (nSPS) is 12.4. The van der Waals surface area contributed by atoms with Crippen LogP contribution in [0.15, 0.2) is 23.0 Å². The fraction of sp³-hybridized carbons (Fsp3) is 0.417. The Kier molecular flexibility index (Phi) is 3.84. The minimum atomic E-state index is -0.360. The maximum Gasteiger partial charge on any atom is 0.253 e. The highest BCUT2D eigenvalue weighted by Crippen LogP contribution is 2.15. The Morgan fingerprint density at radius 2 is 2.11 bits per heavy atom. The Morgan fingerprint density at radius 3 is 2.68 bits per heavy atom. The van der Waals surface area contributed by atoms with Crippen molar-refractivity contribution in [2.75, 3.05) is 0 Å². The highest BCUT2D eigenvalue weighted by Gasteiger charge is 2.18. The first-order valence-corrected chi connectivity index (χ1v) is 5.99. The van der Waals surface area contributed by atoms with Gasteiger partial charge in [0.05, 0.1) is 18.0 Å². The first-order chi connectivity index (χ1) is 9.08. The Labute approximate surface area is 110 Å². The van der Waals surface area contributed by atoms with Crippen LogP contribution >= 0.6 is 0 Å². The summed E-state index contributed by atoms with van der Waals surface area (Å²) in [7, 11) is 0. The average Bonchev–Trinajstić information content (AvgIpc) is 2.89. The van der Waals surface area contributed by atoms with Gasteiger partial charge in [0, 0.05) is 5.92 Å². The smallest absolute Gasteiger partial charge is 0.253 e. The molecule has 100 valence electrons. The van der Waals surface area contributed by atoms with E-state index >= 15 is 0 Å². The molecule has 7 heteroatoms. The number of amides is 1. The molecule has 0 radical (unpaired) electrons. The van der Waals surface area contributed by atoms with E-state index in [9.17, 15) is 4.79 Å². The minimum absolute atomic E-state index is 0.185. The van der Waals surface area contributed by atoms with Crippen molar-refractivity contribution in [2.45, 2.75) is 32.7 Å². The second-order valence-electron chi connectivity index (χ2n) is 4.47. The van der Waals surface area contributed by atoms with Crippen LogP contribution in [0.3, 0.4) is 0 Å². The van der Waals surface area contributed by atoms with E-state index in [1.807, 2.05) is 13.8 Å². The second-order valence-corrected chi connectivity index (χ2v) is 4.47. The van der Waals surface area contributed by atoms with Gasteiger partial charge in [-0.05, 0) is 13.0 Å². The summed E-state index contributed by atoms with van der Waals surface area (Å²) in [5.74, 6) is 0.942. The molecule has 19 heavy (non-hydrogen) atoms. The number of aromatic nitrogens is 4. The van der Waals surface area contributed by atoms with E-state index in [1.54, 1.807) is 13.0 Å². The molecule has 7 nitrogen and oxygen atoms in total. The molecular weight excluding hydrogens is 246 g/mol. The summed E-state index contributed by atoms with van der Waals surface area (Å²) >= 11 is 0. The van der Waals surface area contributed by atoms with Crippen molar-refractivity contribution < 1.29 is 9.32 Å². The van der Waals surface area contributed by atoms with Crippen molar-refractivity contribution in [2.24, 2.45) is 0 Å². The van der Waals surface area contributed by atoms with Gasteiger partial charge in [-0.1, -0.05) is 19.0 Å². The number of nitrogens with zero attached hydrogens (tertiary/aromatic N) is 4. The van der Waals surface area contributed by atoms with E-state index < -0.39 is 0 Å². The van der Waals surface area contributed by atoms with Crippen LogP contribution in [0.25, 0.3) is 0 Å². The van der Waals surface area contributed by atoms with Crippen molar-refractivity contribution in [3.05, 3.63) is 35.7 Å². The molecule has 1 unspecified atom stereocenters. The summed E-state index contributed by atoms with van der Waals surface area (Å²) < 4.78 is 5.12. The molecule has 0 aliphatic heterocycles. The van der Waals surface area contributed by atoms with Gasteiger partial charge in [0.25, 0.3) is 5.91 Å². The van der Waals surface area contributed by atoms with E-state index in [1.165, 1.54) is 12.4 Å². The van der Waals surface area contributed by atoms with E-state index in [-0.39, 0.29) is 17.9 Å². The third-order valence-electron chi connectivity index (χ3n) is 2.54. The Bertz CT molecular complexity index is 552. The Hall–Kier alpha value is -2.31. The topological polar surface area (TPSA) is 93.8 Å². The number of carbonyl (C=O) groups excluding carboxylic acids is 1. The van der Waals surface area contributed by atoms with Crippen LogP contribution in [0.4, 0.5) is 0 Å². The van der Waals surface area contributed by atoms with E-state index in [4.69, 9.17) is 4.52 Å². The predicted molar refractivity (Wildman–Crippen MR) is 66.3 cm³/mol. The summed E-state index contributed by atoms with van der Waals surface area (Å²) in [6, 6.07) is 1.23. The largest absolute Gasteiger partial charge is 0.340 e. The van der Waals surface area contributed by atoms with Gasteiger partial charge in [0.2, 0.25) is 5.89 Å². The number of hydrogen-bond acceptors (Lipinski definition) is 6. The molecular formula is C12H15N5O2. The zero-order valence-corrected chi connectivity index (χ0v) is 11.0. The average molecular weight is 261 g/mol. The lowest BCUT2D eigenvalue weighted by molar-refractivity contribution is 0.0932. The van der Waals surface area contributed by atoms with Crippen LogP contribution in [0, 0.1) is 0 Å². The van der Waals surface area contributed by atoms with Gasteiger partial charge in [0.1, 0.15) is 6.04 Å². The quantitative estimate of drug-likeness (QED) is 0.895. The number of rotatable bonds is 4. The lowest BCUT2D eigenvalue weighted by Crippen LogP contribution is -2.27. The standard InChI is InChI=1S/C12H15N5O2/c1-7(2)10-16-12(19-17-10)8(3)15-11(18)9-4-5-13-14-6-9/h4-8H,1-3H3,(H,15,18). The van der Waals surface area contributed by atoms with Gasteiger partial charge in [-0.2, -0.15) is 15.2 Å². The fourth-order valence-corrected chi connectivity index (χ4v) is 1.42. The third-order valence-corrected chi connectivity index (χ3v) is 2.54. The van der Waals surface area contributed by atoms with Gasteiger partial charge < -0.3 is 9.84 Å².